The van der Waals surface area contributed by atoms with Crippen molar-refractivity contribution >= 4 is 21.8 Å². The van der Waals surface area contributed by atoms with Crippen LogP contribution in [0.15, 0.2) is 29.2 Å². The molecule has 0 aliphatic heterocycles. The van der Waals surface area contributed by atoms with E-state index in [2.05, 4.69) is 25.5 Å². The molecule has 0 radical (unpaired) electrons. The highest BCUT2D eigenvalue weighted by Crippen LogP contribution is 2.23. The van der Waals surface area contributed by atoms with Gasteiger partial charge in [-0.3, -0.25) is 0 Å². The highest BCUT2D eigenvalue weighted by Gasteiger charge is 2.23. The normalized spacial score (nSPS) is 15.7. The lowest BCUT2D eigenvalue weighted by molar-refractivity contribution is 0.282. The Kier molecular flexibility index (Phi) is 6.28. The number of hydrogen-bond acceptors (Lipinski definition) is 4. The van der Waals surface area contributed by atoms with Crippen LogP contribution in [-0.4, -0.2) is 37.7 Å². The van der Waals surface area contributed by atoms with E-state index in [1.54, 1.807) is 19.1 Å². The maximum Gasteiger partial charge on any atom is 0.240 e. The third kappa shape index (κ3) is 4.98. The van der Waals surface area contributed by atoms with Gasteiger partial charge in [-0.25, -0.2) is 13.1 Å². The van der Waals surface area contributed by atoms with Gasteiger partial charge in [-0.05, 0) is 36.3 Å². The number of sulfonamides is 1. The zero-order valence-corrected chi connectivity index (χ0v) is 14.9. The van der Waals surface area contributed by atoms with Gasteiger partial charge in [0.05, 0.1) is 11.5 Å². The molecule has 1 rings (SSSR count). The van der Waals surface area contributed by atoms with Crippen molar-refractivity contribution in [2.24, 2.45) is 0 Å². The van der Waals surface area contributed by atoms with Crippen LogP contribution in [-0.2, 0) is 15.4 Å². The van der Waals surface area contributed by atoms with E-state index in [4.69, 9.17) is 0 Å². The Balaban J connectivity index is 2.93. The Morgan fingerprint density at radius 2 is 1.76 bits per heavy atom. The Hall–Kier alpha value is -0.560. The molecule has 21 heavy (non-hydrogen) atoms. The summed E-state index contributed by atoms with van der Waals surface area (Å²) in [5, 5.41) is 9.08. The minimum Gasteiger partial charge on any atom is -0.395 e. The second kappa shape index (κ2) is 7.13. The lowest BCUT2D eigenvalue weighted by Gasteiger charge is -2.22. The van der Waals surface area contributed by atoms with Crippen LogP contribution in [0.4, 0.5) is 0 Å². The molecule has 0 aliphatic rings. The third-order valence-corrected chi connectivity index (χ3v) is 6.15. The molecule has 0 saturated heterocycles. The molecule has 2 unspecified atom stereocenters. The van der Waals surface area contributed by atoms with Crippen LogP contribution in [0.5, 0.6) is 0 Å². The molecule has 0 fully saturated rings. The molecule has 4 nitrogen and oxygen atoms in total. The van der Waals surface area contributed by atoms with Crippen LogP contribution in [0, 0.1) is 0 Å². The van der Waals surface area contributed by atoms with Gasteiger partial charge < -0.3 is 5.11 Å². The molecule has 0 aliphatic carbocycles. The number of aliphatic hydroxyl groups excluding tert-OH is 1. The van der Waals surface area contributed by atoms with Crippen LogP contribution >= 0.6 is 11.8 Å². The number of thioether (sulfide) groups is 1. The second-order valence-electron chi connectivity index (χ2n) is 6.14. The van der Waals surface area contributed by atoms with Crippen LogP contribution in [0.3, 0.4) is 0 Å². The molecule has 0 saturated carbocycles. The van der Waals surface area contributed by atoms with E-state index in [1.807, 2.05) is 18.4 Å². The molecule has 0 amide bonds. The molecule has 2 atom stereocenters. The van der Waals surface area contributed by atoms with Gasteiger partial charge in [-0.15, -0.1) is 0 Å². The van der Waals surface area contributed by atoms with Crippen molar-refractivity contribution in [2.75, 3.05) is 12.9 Å². The van der Waals surface area contributed by atoms with Gasteiger partial charge >= 0.3 is 0 Å². The van der Waals surface area contributed by atoms with Gasteiger partial charge in [-0.1, -0.05) is 32.9 Å². The molecule has 2 N–H and O–H groups in total. The van der Waals surface area contributed by atoms with Crippen molar-refractivity contribution in [1.82, 2.24) is 4.72 Å². The Morgan fingerprint density at radius 1 is 1.24 bits per heavy atom. The first-order valence-corrected chi connectivity index (χ1v) is 9.65. The van der Waals surface area contributed by atoms with Crippen molar-refractivity contribution in [3.8, 4) is 0 Å². The monoisotopic (exact) mass is 331 g/mol. The summed E-state index contributed by atoms with van der Waals surface area (Å²) in [6.45, 7) is 7.95. The maximum atomic E-state index is 12.3. The number of aliphatic hydroxyl groups is 1. The van der Waals surface area contributed by atoms with E-state index in [-0.39, 0.29) is 28.2 Å². The molecule has 1 aromatic carbocycles. The summed E-state index contributed by atoms with van der Waals surface area (Å²) in [6, 6.07) is 6.61. The van der Waals surface area contributed by atoms with Crippen molar-refractivity contribution in [1.29, 1.82) is 0 Å². The topological polar surface area (TPSA) is 66.4 Å². The van der Waals surface area contributed by atoms with E-state index in [9.17, 15) is 13.5 Å². The van der Waals surface area contributed by atoms with Crippen LogP contribution in [0.2, 0.25) is 0 Å². The first kappa shape index (κ1) is 18.5. The fourth-order valence-corrected chi connectivity index (χ4v) is 3.96. The average Bonchev–Trinajstić information content (AvgIpc) is 2.38. The fourth-order valence-electron chi connectivity index (χ4n) is 1.96. The van der Waals surface area contributed by atoms with Gasteiger partial charge in [0, 0.05) is 11.3 Å². The van der Waals surface area contributed by atoms with E-state index in [0.717, 1.165) is 5.56 Å². The van der Waals surface area contributed by atoms with E-state index in [0.29, 0.717) is 0 Å². The molecular formula is C15H25NO3S2. The highest BCUT2D eigenvalue weighted by molar-refractivity contribution is 7.99. The van der Waals surface area contributed by atoms with Gasteiger partial charge in [0.15, 0.2) is 0 Å². The van der Waals surface area contributed by atoms with Crippen molar-refractivity contribution in [3.63, 3.8) is 0 Å². The first-order valence-electron chi connectivity index (χ1n) is 6.88. The number of benzene rings is 1. The zero-order chi connectivity index (χ0) is 16.3. The molecule has 120 valence electrons. The van der Waals surface area contributed by atoms with Crippen LogP contribution in [0.1, 0.15) is 33.3 Å². The SMILES string of the molecule is CSC(CO)C(C)NS(=O)(=O)c1ccc(C(C)(C)C)cc1. The summed E-state index contributed by atoms with van der Waals surface area (Å²) in [7, 11) is -3.56. The first-order chi connectivity index (χ1) is 9.61. The fraction of sp³-hybridized carbons (Fsp3) is 0.600. The van der Waals surface area contributed by atoms with Crippen molar-refractivity contribution in [2.45, 2.75) is 49.3 Å². The molecule has 0 aromatic heterocycles. The van der Waals surface area contributed by atoms with Gasteiger partial charge in [0.25, 0.3) is 0 Å². The van der Waals surface area contributed by atoms with Crippen LogP contribution < -0.4 is 4.72 Å². The second-order valence-corrected chi connectivity index (χ2v) is 8.93. The Bertz CT molecular complexity index is 543. The lowest BCUT2D eigenvalue weighted by Crippen LogP contribution is -2.41. The number of nitrogens with one attached hydrogen (secondary N) is 1. The molecule has 1 aromatic rings. The predicted molar refractivity (Wildman–Crippen MR) is 89.3 cm³/mol. The molecule has 0 heterocycles. The van der Waals surface area contributed by atoms with Gasteiger partial charge in [-0.2, -0.15) is 11.8 Å². The number of rotatable bonds is 6. The molecular weight excluding hydrogens is 306 g/mol. The summed E-state index contributed by atoms with van der Waals surface area (Å²) in [4.78, 5) is 0.250. The van der Waals surface area contributed by atoms with E-state index < -0.39 is 10.0 Å². The summed E-state index contributed by atoms with van der Waals surface area (Å²) in [6.07, 6.45) is 1.85. The van der Waals surface area contributed by atoms with Crippen molar-refractivity contribution in [3.05, 3.63) is 29.8 Å². The lowest BCUT2D eigenvalue weighted by atomic mass is 9.87. The standard InChI is InChI=1S/C15H25NO3S2/c1-11(14(10-17)20-5)16-21(18,19)13-8-6-12(7-9-13)15(2,3)4/h6-9,11,14,16-17H,10H2,1-5H3. The average molecular weight is 332 g/mol. The summed E-state index contributed by atoms with van der Waals surface area (Å²) >= 11 is 1.44. The molecule has 0 bridgehead atoms. The summed E-state index contributed by atoms with van der Waals surface area (Å²) < 4.78 is 27.3. The predicted octanol–water partition coefficient (Wildman–Crippen LogP) is 2.37. The summed E-state index contributed by atoms with van der Waals surface area (Å²) in [5.41, 5.74) is 1.08. The molecule has 0 spiro atoms. The summed E-state index contributed by atoms with van der Waals surface area (Å²) in [5.74, 6) is 0. The Morgan fingerprint density at radius 3 is 2.14 bits per heavy atom. The highest BCUT2D eigenvalue weighted by atomic mass is 32.2. The Labute approximate surface area is 132 Å². The number of hydrogen-bond donors (Lipinski definition) is 2. The zero-order valence-electron chi connectivity index (χ0n) is 13.3. The van der Waals surface area contributed by atoms with Crippen LogP contribution in [0.25, 0.3) is 0 Å². The minimum absolute atomic E-state index is 0.0101. The van der Waals surface area contributed by atoms with E-state index in [1.165, 1.54) is 11.8 Å². The largest absolute Gasteiger partial charge is 0.395 e. The van der Waals surface area contributed by atoms with Crippen molar-refractivity contribution < 1.29 is 13.5 Å². The third-order valence-electron chi connectivity index (χ3n) is 3.41. The van der Waals surface area contributed by atoms with Gasteiger partial charge in [0.2, 0.25) is 10.0 Å². The molecule has 6 heteroatoms. The minimum atomic E-state index is -3.56. The van der Waals surface area contributed by atoms with E-state index >= 15 is 0 Å². The maximum absolute atomic E-state index is 12.3. The van der Waals surface area contributed by atoms with Gasteiger partial charge in [0.1, 0.15) is 0 Å². The smallest absolute Gasteiger partial charge is 0.240 e. The quantitative estimate of drug-likeness (QED) is 0.840.